The van der Waals surface area contributed by atoms with Gasteiger partial charge in [0.2, 0.25) is 0 Å². The Bertz CT molecular complexity index is 197. The monoisotopic (exact) mass is 228 g/mol. The lowest BCUT2D eigenvalue weighted by Gasteiger charge is -2.19. The highest BCUT2D eigenvalue weighted by Gasteiger charge is 2.12. The minimum atomic E-state index is -0.294. The van der Waals surface area contributed by atoms with Crippen LogP contribution in [0.2, 0.25) is 0 Å². The third kappa shape index (κ3) is 6.29. The second-order valence-corrected chi connectivity index (χ2v) is 4.86. The van der Waals surface area contributed by atoms with Crippen molar-refractivity contribution < 1.29 is 10.2 Å². The first-order valence-electron chi connectivity index (χ1n) is 6.52. The van der Waals surface area contributed by atoms with Crippen LogP contribution in [0.4, 0.5) is 0 Å². The van der Waals surface area contributed by atoms with E-state index in [9.17, 15) is 5.11 Å². The maximum atomic E-state index is 9.51. The summed E-state index contributed by atoms with van der Waals surface area (Å²) in [5.41, 5.74) is 1.39. The summed E-state index contributed by atoms with van der Waals surface area (Å²) in [4.78, 5) is 0. The number of hydrogen-bond donors (Lipinski definition) is 2. The zero-order chi connectivity index (χ0) is 12.6. The molecule has 0 heterocycles. The molecular formula is C14H28O2. The van der Waals surface area contributed by atoms with Gasteiger partial charge >= 0.3 is 0 Å². The summed E-state index contributed by atoms with van der Waals surface area (Å²) in [5.74, 6) is 0.630. The predicted octanol–water partition coefficient (Wildman–Crippen LogP) is 3.14. The van der Waals surface area contributed by atoms with Crippen molar-refractivity contribution in [2.24, 2.45) is 11.8 Å². The Hall–Kier alpha value is -0.340. The molecule has 0 unspecified atom stereocenters. The van der Waals surface area contributed by atoms with Gasteiger partial charge in [-0.05, 0) is 38.0 Å². The van der Waals surface area contributed by atoms with Gasteiger partial charge in [-0.3, -0.25) is 0 Å². The average Bonchev–Trinajstić information content (AvgIpc) is 2.23. The van der Waals surface area contributed by atoms with Crippen LogP contribution < -0.4 is 0 Å². The third-order valence-electron chi connectivity index (χ3n) is 3.25. The van der Waals surface area contributed by atoms with Crippen molar-refractivity contribution in [3.05, 3.63) is 11.6 Å². The van der Waals surface area contributed by atoms with Crippen LogP contribution in [0.15, 0.2) is 11.6 Å². The Labute approximate surface area is 100 Å². The molecule has 0 aliphatic heterocycles. The molecular weight excluding hydrogens is 200 g/mol. The summed E-state index contributed by atoms with van der Waals surface area (Å²) in [5, 5.41) is 18.5. The number of aliphatic hydroxyl groups excluding tert-OH is 2. The van der Waals surface area contributed by atoms with Crippen LogP contribution in [0.5, 0.6) is 0 Å². The molecule has 0 fully saturated rings. The Morgan fingerprint density at radius 3 is 2.31 bits per heavy atom. The van der Waals surface area contributed by atoms with E-state index in [4.69, 9.17) is 5.11 Å². The fourth-order valence-corrected chi connectivity index (χ4v) is 1.73. The molecule has 0 aliphatic rings. The third-order valence-corrected chi connectivity index (χ3v) is 3.25. The number of hydrogen-bond acceptors (Lipinski definition) is 2. The van der Waals surface area contributed by atoms with Gasteiger partial charge in [-0.25, -0.2) is 0 Å². The maximum Gasteiger partial charge on any atom is 0.0572 e. The average molecular weight is 228 g/mol. The van der Waals surface area contributed by atoms with Gasteiger partial charge in [0.1, 0.15) is 0 Å². The van der Waals surface area contributed by atoms with Gasteiger partial charge < -0.3 is 10.2 Å². The predicted molar refractivity (Wildman–Crippen MR) is 69.3 cm³/mol. The molecule has 0 radical (unpaired) electrons. The zero-order valence-electron chi connectivity index (χ0n) is 11.2. The SMILES string of the molecule is CCCC/C(=C/[C@@H](C)[C@@H](C)O)[C@H](C)CCO. The standard InChI is InChI=1S/C14H28O2/c1-5-6-7-14(11(2)8-9-15)10-12(3)13(4)16/h10-13,15-16H,5-9H2,1-4H3/b14-10-/t11-,12-,13-/m1/s1. The highest BCUT2D eigenvalue weighted by Crippen LogP contribution is 2.23. The van der Waals surface area contributed by atoms with E-state index in [2.05, 4.69) is 19.9 Å². The van der Waals surface area contributed by atoms with Crippen LogP contribution in [-0.4, -0.2) is 22.9 Å². The number of rotatable bonds is 8. The Kier molecular flexibility index (Phi) is 8.58. The lowest BCUT2D eigenvalue weighted by atomic mass is 9.89. The first kappa shape index (κ1) is 15.7. The number of allylic oxidation sites excluding steroid dienone is 1. The van der Waals surface area contributed by atoms with E-state index >= 15 is 0 Å². The van der Waals surface area contributed by atoms with Crippen molar-refractivity contribution in [3.63, 3.8) is 0 Å². The van der Waals surface area contributed by atoms with Gasteiger partial charge in [-0.15, -0.1) is 0 Å². The van der Waals surface area contributed by atoms with Gasteiger partial charge in [-0.2, -0.15) is 0 Å². The second kappa shape index (κ2) is 8.77. The van der Waals surface area contributed by atoms with Crippen LogP contribution >= 0.6 is 0 Å². The van der Waals surface area contributed by atoms with E-state index in [0.717, 1.165) is 12.8 Å². The minimum Gasteiger partial charge on any atom is -0.396 e. The first-order chi connectivity index (χ1) is 7.52. The number of unbranched alkanes of at least 4 members (excludes halogenated alkanes) is 1. The second-order valence-electron chi connectivity index (χ2n) is 4.86. The van der Waals surface area contributed by atoms with Crippen molar-refractivity contribution in [1.82, 2.24) is 0 Å². The summed E-state index contributed by atoms with van der Waals surface area (Å²) in [7, 11) is 0. The van der Waals surface area contributed by atoms with E-state index in [1.54, 1.807) is 0 Å². The van der Waals surface area contributed by atoms with E-state index in [1.807, 2.05) is 13.8 Å². The number of aliphatic hydroxyl groups is 2. The summed E-state index contributed by atoms with van der Waals surface area (Å²) in [6.45, 7) is 8.46. The normalized spacial score (nSPS) is 18.2. The molecule has 0 aromatic carbocycles. The molecule has 3 atom stereocenters. The fraction of sp³-hybridized carbons (Fsp3) is 0.857. The topological polar surface area (TPSA) is 40.5 Å². The minimum absolute atomic E-state index is 0.202. The van der Waals surface area contributed by atoms with Crippen LogP contribution in [0.25, 0.3) is 0 Å². The van der Waals surface area contributed by atoms with Gasteiger partial charge in [0.25, 0.3) is 0 Å². The van der Waals surface area contributed by atoms with Crippen molar-refractivity contribution in [1.29, 1.82) is 0 Å². The molecule has 0 saturated heterocycles. The zero-order valence-corrected chi connectivity index (χ0v) is 11.2. The highest BCUT2D eigenvalue weighted by atomic mass is 16.3. The van der Waals surface area contributed by atoms with Gasteiger partial charge in [0.15, 0.2) is 0 Å². The molecule has 0 aromatic heterocycles. The first-order valence-corrected chi connectivity index (χ1v) is 6.52. The van der Waals surface area contributed by atoms with Crippen LogP contribution in [0, 0.1) is 11.8 Å². The maximum absolute atomic E-state index is 9.51. The lowest BCUT2D eigenvalue weighted by Crippen LogP contribution is -2.13. The van der Waals surface area contributed by atoms with Gasteiger partial charge in [-0.1, -0.05) is 38.8 Å². The molecule has 0 aliphatic carbocycles. The van der Waals surface area contributed by atoms with E-state index < -0.39 is 0 Å². The fourth-order valence-electron chi connectivity index (χ4n) is 1.73. The molecule has 0 aromatic rings. The molecule has 2 nitrogen and oxygen atoms in total. The summed E-state index contributed by atoms with van der Waals surface area (Å²) >= 11 is 0. The molecule has 0 amide bonds. The largest absolute Gasteiger partial charge is 0.396 e. The molecule has 16 heavy (non-hydrogen) atoms. The van der Waals surface area contributed by atoms with Gasteiger partial charge in [0.05, 0.1) is 6.10 Å². The molecule has 0 saturated carbocycles. The van der Waals surface area contributed by atoms with Crippen LogP contribution in [0.3, 0.4) is 0 Å². The lowest BCUT2D eigenvalue weighted by molar-refractivity contribution is 0.156. The van der Waals surface area contributed by atoms with Gasteiger partial charge in [0, 0.05) is 6.61 Å². The molecule has 96 valence electrons. The van der Waals surface area contributed by atoms with Crippen LogP contribution in [0.1, 0.15) is 53.4 Å². The van der Waals surface area contributed by atoms with E-state index in [0.29, 0.717) is 5.92 Å². The summed E-state index contributed by atoms with van der Waals surface area (Å²) < 4.78 is 0. The Morgan fingerprint density at radius 1 is 1.25 bits per heavy atom. The Balaban J connectivity index is 4.50. The quantitative estimate of drug-likeness (QED) is 0.627. The molecule has 2 heteroatoms. The molecule has 2 N–H and O–H groups in total. The van der Waals surface area contributed by atoms with Crippen LogP contribution in [-0.2, 0) is 0 Å². The van der Waals surface area contributed by atoms with Crippen molar-refractivity contribution in [3.8, 4) is 0 Å². The van der Waals surface area contributed by atoms with Crippen molar-refractivity contribution >= 4 is 0 Å². The molecule has 0 spiro atoms. The molecule has 0 rings (SSSR count). The smallest absolute Gasteiger partial charge is 0.0572 e. The van der Waals surface area contributed by atoms with Crippen molar-refractivity contribution in [2.75, 3.05) is 6.61 Å². The summed E-state index contributed by atoms with van der Waals surface area (Å²) in [6, 6.07) is 0. The van der Waals surface area contributed by atoms with E-state index in [-0.39, 0.29) is 18.6 Å². The summed E-state index contributed by atoms with van der Waals surface area (Å²) in [6.07, 6.45) is 6.19. The van der Waals surface area contributed by atoms with Crippen molar-refractivity contribution in [2.45, 2.75) is 59.5 Å². The van der Waals surface area contributed by atoms with E-state index in [1.165, 1.54) is 18.4 Å². The molecule has 0 bridgehead atoms. The Morgan fingerprint density at radius 2 is 1.88 bits per heavy atom. The highest BCUT2D eigenvalue weighted by molar-refractivity contribution is 5.08.